The topological polar surface area (TPSA) is 83.4 Å². The van der Waals surface area contributed by atoms with Crippen LogP contribution in [-0.4, -0.2) is 69.1 Å². The lowest BCUT2D eigenvalue weighted by Gasteiger charge is -2.36. The number of hydrogen-bond donors (Lipinski definition) is 1. The normalized spacial score (nSPS) is 19.9. The van der Waals surface area contributed by atoms with Crippen LogP contribution >= 0.6 is 0 Å². The van der Waals surface area contributed by atoms with Gasteiger partial charge in [-0.3, -0.25) is 14.5 Å². The summed E-state index contributed by atoms with van der Waals surface area (Å²) in [5, 5.41) is 10.7. The maximum absolute atomic E-state index is 12.9. The fourth-order valence-electron chi connectivity index (χ4n) is 3.78. The van der Waals surface area contributed by atoms with E-state index in [0.717, 1.165) is 18.7 Å². The third-order valence-electron chi connectivity index (χ3n) is 5.36. The number of carbonyl (C=O) groups is 2. The molecule has 2 aliphatic rings. The monoisotopic (exact) mass is 386 g/mol. The summed E-state index contributed by atoms with van der Waals surface area (Å²) in [5.41, 5.74) is 0.575. The Morgan fingerprint density at radius 1 is 1.14 bits per heavy atom. The lowest BCUT2D eigenvalue weighted by atomic mass is 9.97. The van der Waals surface area contributed by atoms with Crippen molar-refractivity contribution in [3.05, 3.63) is 42.2 Å². The Bertz CT molecular complexity index is 844. The van der Waals surface area contributed by atoms with Crippen LogP contribution in [0.1, 0.15) is 12.2 Å². The zero-order valence-electron chi connectivity index (χ0n) is 15.6. The lowest BCUT2D eigenvalue weighted by molar-refractivity contribution is -0.138. The van der Waals surface area contributed by atoms with E-state index in [-0.39, 0.29) is 30.1 Å². The average Bonchev–Trinajstić information content (AvgIpc) is 3.17. The second kappa shape index (κ2) is 8.05. The SMILES string of the molecule is O=C(CN1CCN(C(=O)C2CCc3nncn3C2)CC1)Nc1ccc(F)cc1. The predicted octanol–water partition coefficient (Wildman–Crippen LogP) is 0.762. The average molecular weight is 386 g/mol. The Morgan fingerprint density at radius 2 is 1.89 bits per heavy atom. The minimum Gasteiger partial charge on any atom is -0.340 e. The molecule has 1 aromatic heterocycles. The number of aromatic nitrogens is 3. The largest absolute Gasteiger partial charge is 0.340 e. The van der Waals surface area contributed by atoms with E-state index in [1.54, 1.807) is 6.33 Å². The van der Waals surface area contributed by atoms with Crippen molar-refractivity contribution in [1.82, 2.24) is 24.6 Å². The van der Waals surface area contributed by atoms with Crippen LogP contribution in [-0.2, 0) is 22.6 Å². The minimum absolute atomic E-state index is 0.0307. The molecule has 28 heavy (non-hydrogen) atoms. The van der Waals surface area contributed by atoms with Crippen LogP contribution < -0.4 is 5.32 Å². The van der Waals surface area contributed by atoms with Crippen LogP contribution in [0.4, 0.5) is 10.1 Å². The van der Waals surface area contributed by atoms with Gasteiger partial charge in [-0.15, -0.1) is 10.2 Å². The first-order valence-corrected chi connectivity index (χ1v) is 9.52. The van der Waals surface area contributed by atoms with E-state index in [1.165, 1.54) is 24.3 Å². The lowest BCUT2D eigenvalue weighted by Crippen LogP contribution is -2.52. The van der Waals surface area contributed by atoms with E-state index in [4.69, 9.17) is 0 Å². The van der Waals surface area contributed by atoms with Crippen molar-refractivity contribution < 1.29 is 14.0 Å². The Labute approximate surface area is 162 Å². The molecule has 1 fully saturated rings. The highest BCUT2D eigenvalue weighted by atomic mass is 19.1. The summed E-state index contributed by atoms with van der Waals surface area (Å²) >= 11 is 0. The predicted molar refractivity (Wildman–Crippen MR) is 99.9 cm³/mol. The van der Waals surface area contributed by atoms with E-state index in [0.29, 0.717) is 38.4 Å². The number of nitrogens with zero attached hydrogens (tertiary/aromatic N) is 5. The van der Waals surface area contributed by atoms with E-state index >= 15 is 0 Å². The number of piperazine rings is 1. The Hall–Kier alpha value is -2.81. The zero-order valence-corrected chi connectivity index (χ0v) is 15.6. The molecule has 1 aromatic carbocycles. The summed E-state index contributed by atoms with van der Waals surface area (Å²) in [7, 11) is 0. The molecule has 1 saturated heterocycles. The van der Waals surface area contributed by atoms with Gasteiger partial charge in [0.15, 0.2) is 0 Å². The summed E-state index contributed by atoms with van der Waals surface area (Å²) in [5.74, 6) is 0.615. The molecule has 148 valence electrons. The van der Waals surface area contributed by atoms with Crippen LogP contribution in [0.5, 0.6) is 0 Å². The molecule has 0 bridgehead atoms. The van der Waals surface area contributed by atoms with Crippen LogP contribution in [0.3, 0.4) is 0 Å². The molecular weight excluding hydrogens is 363 g/mol. The second-order valence-electron chi connectivity index (χ2n) is 7.29. The molecule has 0 saturated carbocycles. The third-order valence-corrected chi connectivity index (χ3v) is 5.36. The number of rotatable bonds is 4. The zero-order chi connectivity index (χ0) is 19.5. The van der Waals surface area contributed by atoms with Crippen LogP contribution in [0.15, 0.2) is 30.6 Å². The maximum Gasteiger partial charge on any atom is 0.238 e. The van der Waals surface area contributed by atoms with Gasteiger partial charge < -0.3 is 14.8 Å². The van der Waals surface area contributed by atoms with Crippen molar-refractivity contribution in [1.29, 1.82) is 0 Å². The fraction of sp³-hybridized carbons (Fsp3) is 0.474. The highest BCUT2D eigenvalue weighted by Crippen LogP contribution is 2.21. The van der Waals surface area contributed by atoms with E-state index in [2.05, 4.69) is 15.5 Å². The Balaban J connectivity index is 1.23. The minimum atomic E-state index is -0.336. The van der Waals surface area contributed by atoms with Crippen molar-refractivity contribution in [3.63, 3.8) is 0 Å². The van der Waals surface area contributed by atoms with Crippen LogP contribution in [0, 0.1) is 11.7 Å². The fourth-order valence-corrected chi connectivity index (χ4v) is 3.78. The van der Waals surface area contributed by atoms with Gasteiger partial charge >= 0.3 is 0 Å². The molecular formula is C19H23FN6O2. The highest BCUT2D eigenvalue weighted by Gasteiger charge is 2.31. The number of hydrogen-bond acceptors (Lipinski definition) is 5. The maximum atomic E-state index is 12.9. The summed E-state index contributed by atoms with van der Waals surface area (Å²) in [6.07, 6.45) is 3.27. The number of fused-ring (bicyclic) bond motifs is 1. The highest BCUT2D eigenvalue weighted by molar-refractivity contribution is 5.92. The van der Waals surface area contributed by atoms with Gasteiger partial charge in [0.25, 0.3) is 0 Å². The third kappa shape index (κ3) is 4.19. The second-order valence-corrected chi connectivity index (χ2v) is 7.29. The van der Waals surface area contributed by atoms with E-state index in [9.17, 15) is 14.0 Å². The molecule has 1 N–H and O–H groups in total. The first-order valence-electron chi connectivity index (χ1n) is 9.52. The van der Waals surface area contributed by atoms with Crippen molar-refractivity contribution in [2.75, 3.05) is 38.0 Å². The van der Waals surface area contributed by atoms with Crippen molar-refractivity contribution >= 4 is 17.5 Å². The number of halogens is 1. The van der Waals surface area contributed by atoms with Gasteiger partial charge in [-0.05, 0) is 30.7 Å². The number of nitrogens with one attached hydrogen (secondary N) is 1. The first kappa shape index (κ1) is 18.5. The van der Waals surface area contributed by atoms with E-state index in [1.807, 2.05) is 14.4 Å². The molecule has 1 atom stereocenters. The number of aryl methyl sites for hydroxylation is 1. The summed E-state index contributed by atoms with van der Waals surface area (Å²) in [4.78, 5) is 28.9. The molecule has 2 aliphatic heterocycles. The van der Waals surface area contributed by atoms with E-state index < -0.39 is 0 Å². The molecule has 2 amide bonds. The van der Waals surface area contributed by atoms with Crippen LogP contribution in [0.2, 0.25) is 0 Å². The van der Waals surface area contributed by atoms with Crippen molar-refractivity contribution in [2.45, 2.75) is 19.4 Å². The Kier molecular flexibility index (Phi) is 5.34. The standard InChI is InChI=1S/C19H23FN6O2/c20-15-2-4-16(5-3-15)22-18(27)12-24-7-9-25(10-8-24)19(28)14-1-6-17-23-21-13-26(17)11-14/h2-5,13-14H,1,6-12H2,(H,22,27). The molecule has 1 unspecified atom stereocenters. The quantitative estimate of drug-likeness (QED) is 0.839. The summed E-state index contributed by atoms with van der Waals surface area (Å²) in [6.45, 7) is 3.46. The molecule has 0 aliphatic carbocycles. The number of amides is 2. The van der Waals surface area contributed by atoms with Gasteiger partial charge in [-0.1, -0.05) is 0 Å². The van der Waals surface area contributed by atoms with Crippen molar-refractivity contribution in [2.24, 2.45) is 5.92 Å². The molecule has 2 aromatic rings. The van der Waals surface area contributed by atoms with Gasteiger partial charge in [0.2, 0.25) is 11.8 Å². The smallest absolute Gasteiger partial charge is 0.238 e. The molecule has 0 radical (unpaired) electrons. The van der Waals surface area contributed by atoms with Gasteiger partial charge in [0, 0.05) is 44.8 Å². The molecule has 3 heterocycles. The number of benzene rings is 1. The molecule has 9 heteroatoms. The molecule has 8 nitrogen and oxygen atoms in total. The Morgan fingerprint density at radius 3 is 2.64 bits per heavy atom. The molecule has 4 rings (SSSR count). The van der Waals surface area contributed by atoms with Gasteiger partial charge in [-0.2, -0.15) is 0 Å². The number of anilines is 1. The van der Waals surface area contributed by atoms with Gasteiger partial charge in [0.1, 0.15) is 18.0 Å². The van der Waals surface area contributed by atoms with Gasteiger partial charge in [-0.25, -0.2) is 4.39 Å². The first-order chi connectivity index (χ1) is 13.6. The van der Waals surface area contributed by atoms with Gasteiger partial charge in [0.05, 0.1) is 12.5 Å². The van der Waals surface area contributed by atoms with Crippen LogP contribution in [0.25, 0.3) is 0 Å². The summed E-state index contributed by atoms with van der Waals surface area (Å²) < 4.78 is 14.9. The summed E-state index contributed by atoms with van der Waals surface area (Å²) in [6, 6.07) is 5.70. The number of carbonyl (C=O) groups excluding carboxylic acids is 2. The van der Waals surface area contributed by atoms with Crippen molar-refractivity contribution in [3.8, 4) is 0 Å². The molecule has 0 spiro atoms.